The number of hydrogen-bond acceptors (Lipinski definition) is 4. The summed E-state index contributed by atoms with van der Waals surface area (Å²) in [4.78, 5) is 1.34. The number of benzene rings is 2. The van der Waals surface area contributed by atoms with Crippen LogP contribution in [0, 0.1) is 0 Å². The predicted molar refractivity (Wildman–Crippen MR) is 91.3 cm³/mol. The molecule has 0 spiro atoms. The van der Waals surface area contributed by atoms with E-state index in [-0.39, 0.29) is 0 Å². The predicted octanol–water partition coefficient (Wildman–Crippen LogP) is 3.98. The minimum absolute atomic E-state index is 0.336. The molecular weight excluding hydrogens is 302 g/mol. The Balaban J connectivity index is 2.35. The highest BCUT2D eigenvalue weighted by molar-refractivity contribution is 7.98. The van der Waals surface area contributed by atoms with E-state index in [4.69, 9.17) is 27.4 Å². The zero-order valence-electron chi connectivity index (χ0n) is 12.0. The van der Waals surface area contributed by atoms with E-state index in [0.717, 1.165) is 21.8 Å². The van der Waals surface area contributed by atoms with Gasteiger partial charge in [-0.25, -0.2) is 0 Å². The van der Waals surface area contributed by atoms with Crippen LogP contribution in [-0.4, -0.2) is 18.4 Å². The van der Waals surface area contributed by atoms with Crippen LogP contribution in [0.2, 0.25) is 0 Å². The molecule has 2 aromatic rings. The topological polar surface area (TPSA) is 44.5 Å². The zero-order chi connectivity index (χ0) is 15.2. The summed E-state index contributed by atoms with van der Waals surface area (Å²) >= 11 is 6.74. The van der Waals surface area contributed by atoms with E-state index in [0.29, 0.717) is 17.3 Å². The quantitative estimate of drug-likeness (QED) is 0.644. The largest absolute Gasteiger partial charge is 0.457 e. The first kappa shape index (κ1) is 15.8. The van der Waals surface area contributed by atoms with Gasteiger partial charge < -0.3 is 15.2 Å². The summed E-state index contributed by atoms with van der Waals surface area (Å²) in [6.45, 7) is 0.546. The Kier molecular flexibility index (Phi) is 5.61. The number of thioether (sulfide) groups is 1. The number of methoxy groups -OCH3 is 1. The van der Waals surface area contributed by atoms with Crippen molar-refractivity contribution < 1.29 is 9.47 Å². The van der Waals surface area contributed by atoms with Gasteiger partial charge in [0.25, 0.3) is 0 Å². The van der Waals surface area contributed by atoms with Crippen molar-refractivity contribution in [3.05, 3.63) is 53.6 Å². The van der Waals surface area contributed by atoms with Crippen molar-refractivity contribution in [2.45, 2.75) is 11.5 Å². The Labute approximate surface area is 134 Å². The molecule has 2 aromatic carbocycles. The van der Waals surface area contributed by atoms with Gasteiger partial charge in [-0.2, -0.15) is 0 Å². The number of thiocarbonyl (C=S) groups is 1. The molecule has 0 aliphatic heterocycles. The third-order valence-corrected chi connectivity index (χ3v) is 3.88. The highest BCUT2D eigenvalue weighted by Crippen LogP contribution is 2.32. The Morgan fingerprint density at radius 3 is 2.67 bits per heavy atom. The molecule has 0 fully saturated rings. The second kappa shape index (κ2) is 7.45. The molecule has 110 valence electrons. The van der Waals surface area contributed by atoms with Gasteiger partial charge in [-0.05, 0) is 36.1 Å². The zero-order valence-corrected chi connectivity index (χ0v) is 13.6. The molecule has 0 heterocycles. The molecule has 0 radical (unpaired) electrons. The number of ether oxygens (including phenoxy) is 2. The van der Waals surface area contributed by atoms with Crippen LogP contribution in [0.5, 0.6) is 11.5 Å². The third kappa shape index (κ3) is 3.97. The first-order chi connectivity index (χ1) is 10.2. The first-order valence-electron chi connectivity index (χ1n) is 6.38. The normalized spacial score (nSPS) is 10.4. The molecule has 5 heteroatoms. The molecule has 0 saturated carbocycles. The SMILES string of the molecule is COCc1cccc(Oc2cccc(SC)c2C(N)=S)c1. The van der Waals surface area contributed by atoms with Crippen molar-refractivity contribution in [3.8, 4) is 11.5 Å². The molecule has 0 aliphatic carbocycles. The van der Waals surface area contributed by atoms with E-state index in [2.05, 4.69) is 0 Å². The number of hydrogen-bond donors (Lipinski definition) is 1. The van der Waals surface area contributed by atoms with E-state index in [9.17, 15) is 0 Å². The van der Waals surface area contributed by atoms with E-state index in [1.165, 1.54) is 0 Å². The minimum atomic E-state index is 0.336. The lowest BCUT2D eigenvalue weighted by molar-refractivity contribution is 0.184. The van der Waals surface area contributed by atoms with Gasteiger partial charge >= 0.3 is 0 Å². The van der Waals surface area contributed by atoms with Crippen molar-refractivity contribution in [1.82, 2.24) is 0 Å². The molecule has 0 unspecified atom stereocenters. The van der Waals surface area contributed by atoms with E-state index in [1.54, 1.807) is 18.9 Å². The van der Waals surface area contributed by atoms with Crippen molar-refractivity contribution in [2.75, 3.05) is 13.4 Å². The smallest absolute Gasteiger partial charge is 0.138 e. The summed E-state index contributed by atoms with van der Waals surface area (Å²) in [5.74, 6) is 1.41. The Morgan fingerprint density at radius 2 is 2.00 bits per heavy atom. The first-order valence-corrected chi connectivity index (χ1v) is 8.01. The van der Waals surface area contributed by atoms with Gasteiger partial charge in [-0.15, -0.1) is 11.8 Å². The molecular formula is C16H17NO2S2. The van der Waals surface area contributed by atoms with Crippen LogP contribution in [0.15, 0.2) is 47.4 Å². The fourth-order valence-corrected chi connectivity index (χ4v) is 2.91. The maximum absolute atomic E-state index is 5.96. The summed E-state index contributed by atoms with van der Waals surface area (Å²) in [6, 6.07) is 13.5. The fraction of sp³-hybridized carbons (Fsp3) is 0.188. The summed E-state index contributed by atoms with van der Waals surface area (Å²) in [5.41, 5.74) is 7.66. The monoisotopic (exact) mass is 319 g/mol. The van der Waals surface area contributed by atoms with Gasteiger partial charge in [-0.3, -0.25) is 0 Å². The molecule has 21 heavy (non-hydrogen) atoms. The summed E-state index contributed by atoms with van der Waals surface area (Å²) < 4.78 is 11.1. The molecule has 0 saturated heterocycles. The van der Waals surface area contributed by atoms with E-state index >= 15 is 0 Å². The van der Waals surface area contributed by atoms with Crippen molar-refractivity contribution >= 4 is 29.0 Å². The van der Waals surface area contributed by atoms with Gasteiger partial charge in [0.1, 0.15) is 16.5 Å². The van der Waals surface area contributed by atoms with Crippen LogP contribution in [0.3, 0.4) is 0 Å². The van der Waals surface area contributed by atoms with Gasteiger partial charge in [0, 0.05) is 12.0 Å². The average Bonchev–Trinajstić information content (AvgIpc) is 2.47. The van der Waals surface area contributed by atoms with Crippen LogP contribution in [-0.2, 0) is 11.3 Å². The number of nitrogens with two attached hydrogens (primary N) is 1. The Bertz CT molecular complexity index is 644. The molecule has 0 aromatic heterocycles. The molecule has 2 rings (SSSR count). The Hall–Kier alpha value is -1.56. The summed E-state index contributed by atoms with van der Waals surface area (Å²) in [6.07, 6.45) is 1.99. The maximum Gasteiger partial charge on any atom is 0.138 e. The second-order valence-electron chi connectivity index (χ2n) is 4.38. The summed E-state index contributed by atoms with van der Waals surface area (Å²) in [5, 5.41) is 0. The summed E-state index contributed by atoms with van der Waals surface area (Å²) in [7, 11) is 1.67. The fourth-order valence-electron chi connectivity index (χ4n) is 2.00. The van der Waals surface area contributed by atoms with Gasteiger partial charge in [-0.1, -0.05) is 30.4 Å². The van der Waals surface area contributed by atoms with E-state index < -0.39 is 0 Å². The molecule has 0 atom stereocenters. The average molecular weight is 319 g/mol. The van der Waals surface area contributed by atoms with Gasteiger partial charge in [0.15, 0.2) is 0 Å². The number of rotatable bonds is 6. The van der Waals surface area contributed by atoms with Crippen LogP contribution >= 0.6 is 24.0 Å². The second-order valence-corrected chi connectivity index (χ2v) is 5.67. The van der Waals surface area contributed by atoms with Crippen LogP contribution < -0.4 is 10.5 Å². The lowest BCUT2D eigenvalue weighted by Gasteiger charge is -2.14. The lowest BCUT2D eigenvalue weighted by atomic mass is 10.2. The third-order valence-electron chi connectivity index (χ3n) is 2.89. The van der Waals surface area contributed by atoms with Crippen molar-refractivity contribution in [1.29, 1.82) is 0 Å². The standard InChI is InChI=1S/C16H17NO2S2/c1-18-10-11-5-3-6-12(9-11)19-13-7-4-8-14(21-2)15(13)16(17)20/h3-9H,10H2,1-2H3,(H2,17,20). The molecule has 0 aliphatic rings. The van der Waals surface area contributed by atoms with Crippen LogP contribution in [0.25, 0.3) is 0 Å². The lowest BCUT2D eigenvalue weighted by Crippen LogP contribution is -2.12. The van der Waals surface area contributed by atoms with Crippen LogP contribution in [0.1, 0.15) is 11.1 Å². The molecule has 0 amide bonds. The van der Waals surface area contributed by atoms with Gasteiger partial charge in [0.2, 0.25) is 0 Å². The van der Waals surface area contributed by atoms with E-state index in [1.807, 2.05) is 48.7 Å². The maximum atomic E-state index is 5.96. The minimum Gasteiger partial charge on any atom is -0.457 e. The molecule has 0 bridgehead atoms. The van der Waals surface area contributed by atoms with Gasteiger partial charge in [0.05, 0.1) is 12.2 Å². The highest BCUT2D eigenvalue weighted by Gasteiger charge is 2.12. The van der Waals surface area contributed by atoms with Crippen LogP contribution in [0.4, 0.5) is 0 Å². The van der Waals surface area contributed by atoms with Crippen molar-refractivity contribution in [3.63, 3.8) is 0 Å². The van der Waals surface area contributed by atoms with Crippen molar-refractivity contribution in [2.24, 2.45) is 5.73 Å². The molecule has 2 N–H and O–H groups in total. The molecule has 3 nitrogen and oxygen atoms in total. The Morgan fingerprint density at radius 1 is 1.24 bits per heavy atom. The highest BCUT2D eigenvalue weighted by atomic mass is 32.2.